The van der Waals surface area contributed by atoms with Crippen molar-refractivity contribution in [2.75, 3.05) is 0 Å². The van der Waals surface area contributed by atoms with Crippen LogP contribution < -0.4 is 0 Å². The highest BCUT2D eigenvalue weighted by Gasteiger charge is 2.05. The zero-order valence-corrected chi connectivity index (χ0v) is 12.7. The molecule has 0 bridgehead atoms. The van der Waals surface area contributed by atoms with Gasteiger partial charge in [-0.3, -0.25) is 9.59 Å². The first kappa shape index (κ1) is 19.2. The smallest absolute Gasteiger partial charge is 0.0149 e. The average molecular weight is 294 g/mol. The minimum Gasteiger partial charge on any atom is -0.724 e. The summed E-state index contributed by atoms with van der Waals surface area (Å²) < 4.78 is 0. The number of aryl methyl sites for hydroxylation is 2. The second-order valence-corrected chi connectivity index (χ2v) is 4.20. The molecule has 0 aromatic heterocycles. The fourth-order valence-electron chi connectivity index (χ4n) is 2.18. The topological polar surface area (TPSA) is 78.7 Å². The molecule has 0 heterocycles. The van der Waals surface area contributed by atoms with Crippen molar-refractivity contribution in [3.63, 3.8) is 0 Å². The Morgan fingerprint density at radius 2 is 1.00 bits per heavy atom. The van der Waals surface area contributed by atoms with E-state index < -0.39 is 0 Å². The molecule has 0 aliphatic carbocycles. The Morgan fingerprint density at radius 3 is 1.27 bits per heavy atom. The molecule has 0 aliphatic heterocycles. The van der Waals surface area contributed by atoms with E-state index >= 15 is 0 Å². The van der Waals surface area contributed by atoms with Gasteiger partial charge in [0.1, 0.15) is 0 Å². The Bertz CT molecular complexity index is 582. The van der Waals surface area contributed by atoms with Crippen molar-refractivity contribution in [1.82, 2.24) is 0 Å². The molecule has 0 unspecified atom stereocenters. The van der Waals surface area contributed by atoms with E-state index in [-0.39, 0.29) is 0 Å². The van der Waals surface area contributed by atoms with Crippen molar-refractivity contribution in [2.45, 2.75) is 26.7 Å². The summed E-state index contributed by atoms with van der Waals surface area (Å²) in [5.74, 6) is 0. The number of rotatable bonds is 3. The van der Waals surface area contributed by atoms with Gasteiger partial charge in [0, 0.05) is 0 Å². The van der Waals surface area contributed by atoms with E-state index in [1.165, 1.54) is 22.3 Å². The molecule has 2 aromatic rings. The molecule has 4 heteroatoms. The van der Waals surface area contributed by atoms with Crippen LogP contribution in [0.2, 0.25) is 0 Å². The van der Waals surface area contributed by atoms with Gasteiger partial charge in [-0.1, -0.05) is 62.4 Å². The number of hydrogen-bond donors (Lipinski definition) is 0. The third-order valence-corrected chi connectivity index (χ3v) is 3.09. The molecular weight excluding hydrogens is 276 g/mol. The van der Waals surface area contributed by atoms with Crippen molar-refractivity contribution in [3.05, 3.63) is 70.5 Å². The highest BCUT2D eigenvalue weighted by molar-refractivity contribution is 5.70. The van der Waals surface area contributed by atoms with Crippen LogP contribution in [0.1, 0.15) is 25.0 Å². The van der Waals surface area contributed by atoms with E-state index in [0.717, 1.165) is 12.8 Å². The van der Waals surface area contributed by atoms with Crippen molar-refractivity contribution in [2.24, 2.45) is 0 Å². The van der Waals surface area contributed by atoms with Crippen LogP contribution >= 0.6 is 0 Å². The molecule has 0 radical (unpaired) electrons. The number of isocyanates is 2. The van der Waals surface area contributed by atoms with E-state index in [0.29, 0.717) is 12.2 Å². The molecular formula is C18H18N2O2-2. The third kappa shape index (κ3) is 6.10. The molecule has 2 rings (SSSR count). The largest absolute Gasteiger partial charge is 0.724 e. The lowest BCUT2D eigenvalue weighted by Crippen LogP contribution is -1.91. The number of hydrogen-bond acceptors (Lipinski definition) is 2. The fraction of sp³-hybridized carbons (Fsp3) is 0.222. The van der Waals surface area contributed by atoms with Crippen LogP contribution in [-0.4, -0.2) is 12.2 Å². The Hall–Kier alpha value is -2.80. The average Bonchev–Trinajstić information content (AvgIpc) is 2.56. The second kappa shape index (κ2) is 12.0. The van der Waals surface area contributed by atoms with Gasteiger partial charge < -0.3 is 10.8 Å². The summed E-state index contributed by atoms with van der Waals surface area (Å²) in [4.78, 5) is 16.5. The summed E-state index contributed by atoms with van der Waals surface area (Å²) in [6.45, 7) is 4.43. The Balaban J connectivity index is 0.000000639. The fourth-order valence-corrected chi connectivity index (χ4v) is 2.18. The minimum absolute atomic E-state index is 0.500. The molecule has 0 atom stereocenters. The molecule has 2 aromatic carbocycles. The Kier molecular flexibility index (Phi) is 10.5. The molecule has 4 nitrogen and oxygen atoms in total. The third-order valence-electron chi connectivity index (χ3n) is 3.09. The van der Waals surface area contributed by atoms with Crippen LogP contribution in [-0.2, 0) is 22.4 Å². The van der Waals surface area contributed by atoms with Gasteiger partial charge in [0.05, 0.1) is 0 Å². The predicted molar refractivity (Wildman–Crippen MR) is 88.7 cm³/mol. The van der Waals surface area contributed by atoms with E-state index in [2.05, 4.69) is 62.4 Å². The lowest BCUT2D eigenvalue weighted by atomic mass is 9.93. The standard InChI is InChI=1S/C16H18.2CNO/c1-3-13-9-5-7-11-15(13)16-12-8-6-10-14(16)4-2;2*2-1-3/h5-12H,3-4H2,1-2H3;;/q;2*-1. The number of benzene rings is 2. The van der Waals surface area contributed by atoms with Crippen LogP contribution in [0.4, 0.5) is 0 Å². The summed E-state index contributed by atoms with van der Waals surface area (Å²) in [7, 11) is 0. The molecule has 0 saturated heterocycles. The molecule has 22 heavy (non-hydrogen) atoms. The lowest BCUT2D eigenvalue weighted by molar-refractivity contribution is 0.568. The van der Waals surface area contributed by atoms with Gasteiger partial charge in [0.2, 0.25) is 0 Å². The highest BCUT2D eigenvalue weighted by Crippen LogP contribution is 2.27. The highest BCUT2D eigenvalue weighted by atomic mass is 16.1. The minimum atomic E-state index is 0.500. The van der Waals surface area contributed by atoms with Crippen LogP contribution in [0.3, 0.4) is 0 Å². The zero-order chi connectivity index (χ0) is 16.8. The van der Waals surface area contributed by atoms with E-state index in [9.17, 15) is 0 Å². The van der Waals surface area contributed by atoms with Gasteiger partial charge in [0.25, 0.3) is 0 Å². The van der Waals surface area contributed by atoms with Crippen LogP contribution in [0, 0.1) is 0 Å². The van der Waals surface area contributed by atoms with Crippen molar-refractivity contribution in [1.29, 1.82) is 0 Å². The lowest BCUT2D eigenvalue weighted by Gasteiger charge is -2.11. The van der Waals surface area contributed by atoms with E-state index in [1.807, 2.05) is 0 Å². The van der Waals surface area contributed by atoms with Gasteiger partial charge in [-0.05, 0) is 47.3 Å². The van der Waals surface area contributed by atoms with E-state index in [4.69, 9.17) is 20.4 Å². The summed E-state index contributed by atoms with van der Waals surface area (Å²) in [6.07, 6.45) is 3.18. The SMILES string of the molecule is CCc1ccccc1-c1ccccc1CC.[N-]=C=O.[N-]=C=O. The normalized spacial score (nSPS) is 8.27. The first-order chi connectivity index (χ1) is 10.7. The van der Waals surface area contributed by atoms with Gasteiger partial charge >= 0.3 is 0 Å². The molecule has 0 saturated carbocycles. The van der Waals surface area contributed by atoms with Crippen LogP contribution in [0.15, 0.2) is 48.5 Å². The summed E-state index contributed by atoms with van der Waals surface area (Å²) in [6, 6.07) is 17.4. The maximum atomic E-state index is 8.24. The molecule has 0 N–H and O–H groups in total. The zero-order valence-electron chi connectivity index (χ0n) is 12.7. The summed E-state index contributed by atoms with van der Waals surface area (Å²) >= 11 is 0. The van der Waals surface area contributed by atoms with Gasteiger partial charge in [0.15, 0.2) is 0 Å². The molecule has 114 valence electrons. The molecule has 0 amide bonds. The summed E-state index contributed by atoms with van der Waals surface area (Å²) in [5, 5.41) is 13.5. The molecule has 0 fully saturated rings. The molecule has 0 spiro atoms. The van der Waals surface area contributed by atoms with Crippen molar-refractivity contribution < 1.29 is 9.59 Å². The first-order valence-electron chi connectivity index (χ1n) is 6.88. The number of carbonyl (C=O) groups excluding carboxylic acids is 2. The van der Waals surface area contributed by atoms with E-state index in [1.54, 1.807) is 0 Å². The summed E-state index contributed by atoms with van der Waals surface area (Å²) in [5.41, 5.74) is 5.65. The number of nitrogens with zero attached hydrogens (tertiary/aromatic N) is 2. The first-order valence-corrected chi connectivity index (χ1v) is 6.88. The van der Waals surface area contributed by atoms with Crippen molar-refractivity contribution >= 4 is 12.2 Å². The van der Waals surface area contributed by atoms with Crippen LogP contribution in [0.5, 0.6) is 0 Å². The van der Waals surface area contributed by atoms with Crippen molar-refractivity contribution in [3.8, 4) is 11.1 Å². The van der Waals surface area contributed by atoms with Gasteiger partial charge in [-0.15, -0.1) is 0 Å². The maximum Gasteiger partial charge on any atom is -0.0149 e. The quantitative estimate of drug-likeness (QED) is 0.626. The van der Waals surface area contributed by atoms with Crippen LogP contribution in [0.25, 0.3) is 21.9 Å². The second-order valence-electron chi connectivity index (χ2n) is 4.20. The Morgan fingerprint density at radius 1 is 0.727 bits per heavy atom. The maximum absolute atomic E-state index is 8.24. The van der Waals surface area contributed by atoms with Gasteiger partial charge in [-0.2, -0.15) is 0 Å². The monoisotopic (exact) mass is 294 g/mol. The van der Waals surface area contributed by atoms with Gasteiger partial charge in [-0.25, -0.2) is 0 Å². The Labute approximate surface area is 130 Å². The predicted octanol–water partition coefficient (Wildman–Crippen LogP) is 4.26. The molecule has 0 aliphatic rings.